The summed E-state index contributed by atoms with van der Waals surface area (Å²) in [6.07, 6.45) is 0. The van der Waals surface area contributed by atoms with Crippen molar-refractivity contribution in [3.8, 4) is 5.69 Å². The average Bonchev–Trinajstić information content (AvgIpc) is 2.89. The van der Waals surface area contributed by atoms with Crippen molar-refractivity contribution in [3.63, 3.8) is 0 Å². The van der Waals surface area contributed by atoms with E-state index in [4.69, 9.17) is 28.9 Å². The Hall–Kier alpha value is -1.63. The van der Waals surface area contributed by atoms with Crippen molar-refractivity contribution >= 4 is 29.1 Å². The molecular weight excluding hydrogens is 349 g/mol. The Labute approximate surface area is 151 Å². The third-order valence-corrected chi connectivity index (χ3v) is 3.82. The number of amides is 1. The predicted octanol–water partition coefficient (Wildman–Crippen LogP) is 3.16. The second-order valence-electron chi connectivity index (χ2n) is 6.60. The standard InChI is InChI=1S/C16H21Cl2N5O/c1-9(2)14-21-13(15(24)20-8-16(3,4)19)22-23(14)12-10(17)6-5-7-11(12)18/h5-7,9H,8,19H2,1-4H3,(H,20,24). The van der Waals surface area contributed by atoms with E-state index in [1.807, 2.05) is 27.7 Å². The van der Waals surface area contributed by atoms with Crippen LogP contribution in [0.3, 0.4) is 0 Å². The van der Waals surface area contributed by atoms with Crippen molar-refractivity contribution in [2.45, 2.75) is 39.2 Å². The lowest BCUT2D eigenvalue weighted by Crippen LogP contribution is -2.45. The molecule has 1 amide bonds. The molecule has 0 atom stereocenters. The third kappa shape index (κ3) is 4.26. The van der Waals surface area contributed by atoms with Gasteiger partial charge in [0, 0.05) is 18.0 Å². The lowest BCUT2D eigenvalue weighted by Gasteiger charge is -2.18. The summed E-state index contributed by atoms with van der Waals surface area (Å²) in [5.74, 6) is 0.288. The topological polar surface area (TPSA) is 85.8 Å². The molecule has 0 aliphatic heterocycles. The third-order valence-electron chi connectivity index (χ3n) is 3.21. The molecule has 0 saturated carbocycles. The Morgan fingerprint density at radius 2 is 1.92 bits per heavy atom. The molecule has 1 aromatic heterocycles. The number of para-hydroxylation sites is 1. The van der Waals surface area contributed by atoms with E-state index < -0.39 is 11.4 Å². The molecule has 24 heavy (non-hydrogen) atoms. The average molecular weight is 370 g/mol. The largest absolute Gasteiger partial charge is 0.347 e. The van der Waals surface area contributed by atoms with E-state index in [0.717, 1.165) is 0 Å². The first-order valence-corrected chi connectivity index (χ1v) is 8.34. The highest BCUT2D eigenvalue weighted by molar-refractivity contribution is 6.37. The van der Waals surface area contributed by atoms with Crippen LogP contribution in [-0.4, -0.2) is 32.8 Å². The molecule has 130 valence electrons. The van der Waals surface area contributed by atoms with Crippen LogP contribution < -0.4 is 11.1 Å². The second-order valence-corrected chi connectivity index (χ2v) is 7.42. The summed E-state index contributed by atoms with van der Waals surface area (Å²) in [6, 6.07) is 5.17. The van der Waals surface area contributed by atoms with Gasteiger partial charge in [-0.05, 0) is 26.0 Å². The summed E-state index contributed by atoms with van der Waals surface area (Å²) in [4.78, 5) is 16.7. The zero-order valence-corrected chi connectivity index (χ0v) is 15.6. The maximum Gasteiger partial charge on any atom is 0.291 e. The highest BCUT2D eigenvalue weighted by Crippen LogP contribution is 2.30. The van der Waals surface area contributed by atoms with E-state index in [9.17, 15) is 4.79 Å². The zero-order chi connectivity index (χ0) is 18.1. The number of benzene rings is 1. The Kier molecular flexibility index (Phi) is 5.52. The molecule has 1 aromatic carbocycles. The monoisotopic (exact) mass is 369 g/mol. The highest BCUT2D eigenvalue weighted by Gasteiger charge is 2.23. The Morgan fingerprint density at radius 1 is 1.33 bits per heavy atom. The summed E-state index contributed by atoms with van der Waals surface area (Å²) >= 11 is 12.5. The molecule has 0 fully saturated rings. The maximum absolute atomic E-state index is 12.3. The Balaban J connectivity index is 2.43. The van der Waals surface area contributed by atoms with Crippen LogP contribution in [0.5, 0.6) is 0 Å². The van der Waals surface area contributed by atoms with Crippen molar-refractivity contribution in [2.75, 3.05) is 6.54 Å². The zero-order valence-electron chi connectivity index (χ0n) is 14.1. The molecule has 8 heteroatoms. The molecule has 1 heterocycles. The van der Waals surface area contributed by atoms with Crippen LogP contribution in [0.4, 0.5) is 0 Å². The van der Waals surface area contributed by atoms with Gasteiger partial charge < -0.3 is 11.1 Å². The van der Waals surface area contributed by atoms with Crippen LogP contribution in [0, 0.1) is 0 Å². The molecule has 0 unspecified atom stereocenters. The molecule has 0 aliphatic carbocycles. The summed E-state index contributed by atoms with van der Waals surface area (Å²) in [5, 5.41) is 7.91. The number of hydrogen-bond donors (Lipinski definition) is 2. The van der Waals surface area contributed by atoms with Crippen molar-refractivity contribution < 1.29 is 4.79 Å². The van der Waals surface area contributed by atoms with Gasteiger partial charge in [-0.25, -0.2) is 9.67 Å². The summed E-state index contributed by atoms with van der Waals surface area (Å²) in [6.45, 7) is 7.86. The molecule has 2 rings (SSSR count). The smallest absolute Gasteiger partial charge is 0.291 e. The first-order valence-electron chi connectivity index (χ1n) is 7.58. The van der Waals surface area contributed by atoms with Crippen LogP contribution in [0.25, 0.3) is 5.69 Å². The molecule has 6 nitrogen and oxygen atoms in total. The number of carbonyl (C=O) groups excluding carboxylic acids is 1. The summed E-state index contributed by atoms with van der Waals surface area (Å²) in [5.41, 5.74) is 5.87. The first kappa shape index (κ1) is 18.7. The van der Waals surface area contributed by atoms with Crippen molar-refractivity contribution in [1.82, 2.24) is 20.1 Å². The minimum atomic E-state index is -0.523. The quantitative estimate of drug-likeness (QED) is 0.847. The first-order chi connectivity index (χ1) is 11.1. The van der Waals surface area contributed by atoms with Crippen LogP contribution in [0.15, 0.2) is 18.2 Å². The van der Waals surface area contributed by atoms with E-state index in [1.165, 1.54) is 4.68 Å². The van der Waals surface area contributed by atoms with Gasteiger partial charge in [0.25, 0.3) is 5.91 Å². The van der Waals surface area contributed by atoms with Crippen molar-refractivity contribution in [2.24, 2.45) is 5.73 Å². The molecule has 0 spiro atoms. The number of hydrogen-bond acceptors (Lipinski definition) is 4. The van der Waals surface area contributed by atoms with Crippen LogP contribution in [0.2, 0.25) is 10.0 Å². The molecule has 0 radical (unpaired) electrons. The Bertz CT molecular complexity index is 729. The van der Waals surface area contributed by atoms with E-state index >= 15 is 0 Å². The fourth-order valence-electron chi connectivity index (χ4n) is 2.04. The normalized spacial score (nSPS) is 11.8. The number of nitrogens with zero attached hydrogens (tertiary/aromatic N) is 3. The molecule has 0 bridgehead atoms. The van der Waals surface area contributed by atoms with Crippen molar-refractivity contribution in [1.29, 1.82) is 0 Å². The predicted molar refractivity (Wildman–Crippen MR) is 96.1 cm³/mol. The lowest BCUT2D eigenvalue weighted by atomic mass is 10.1. The number of halogens is 2. The van der Waals surface area contributed by atoms with Gasteiger partial charge in [0.1, 0.15) is 11.5 Å². The van der Waals surface area contributed by atoms with E-state index in [1.54, 1.807) is 18.2 Å². The van der Waals surface area contributed by atoms with Gasteiger partial charge in [-0.1, -0.05) is 43.1 Å². The lowest BCUT2D eigenvalue weighted by molar-refractivity contribution is 0.0935. The maximum atomic E-state index is 12.3. The number of carbonyl (C=O) groups is 1. The van der Waals surface area contributed by atoms with E-state index in [-0.39, 0.29) is 11.7 Å². The number of nitrogens with two attached hydrogens (primary N) is 1. The molecule has 3 N–H and O–H groups in total. The van der Waals surface area contributed by atoms with Gasteiger partial charge in [0.05, 0.1) is 10.0 Å². The number of aromatic nitrogens is 3. The van der Waals surface area contributed by atoms with Crippen LogP contribution in [0.1, 0.15) is 50.1 Å². The van der Waals surface area contributed by atoms with Gasteiger partial charge in [-0.3, -0.25) is 4.79 Å². The van der Waals surface area contributed by atoms with E-state index in [0.29, 0.717) is 28.1 Å². The van der Waals surface area contributed by atoms with E-state index in [2.05, 4.69) is 15.4 Å². The molecule has 2 aromatic rings. The van der Waals surface area contributed by atoms with Crippen molar-refractivity contribution in [3.05, 3.63) is 39.9 Å². The molecule has 0 saturated heterocycles. The van der Waals surface area contributed by atoms with Gasteiger partial charge in [-0.2, -0.15) is 0 Å². The summed E-state index contributed by atoms with van der Waals surface area (Å²) < 4.78 is 1.53. The van der Waals surface area contributed by atoms with Gasteiger partial charge in [0.2, 0.25) is 5.82 Å². The minimum absolute atomic E-state index is 0.0253. The Morgan fingerprint density at radius 3 is 2.42 bits per heavy atom. The molecule has 0 aliphatic rings. The van der Waals surface area contributed by atoms with Crippen LogP contribution >= 0.6 is 23.2 Å². The number of rotatable bonds is 5. The number of nitrogens with one attached hydrogen (secondary N) is 1. The van der Waals surface area contributed by atoms with Gasteiger partial charge in [-0.15, -0.1) is 5.10 Å². The fraction of sp³-hybridized carbons (Fsp3) is 0.438. The van der Waals surface area contributed by atoms with Gasteiger partial charge in [0.15, 0.2) is 0 Å². The van der Waals surface area contributed by atoms with Crippen LogP contribution in [-0.2, 0) is 0 Å². The highest BCUT2D eigenvalue weighted by atomic mass is 35.5. The fourth-order valence-corrected chi connectivity index (χ4v) is 2.59. The minimum Gasteiger partial charge on any atom is -0.347 e. The SMILES string of the molecule is CC(C)c1nc(C(=O)NCC(C)(C)N)nn1-c1c(Cl)cccc1Cl. The van der Waals surface area contributed by atoms with Gasteiger partial charge >= 0.3 is 0 Å². The molecular formula is C16H21Cl2N5O. The summed E-state index contributed by atoms with van der Waals surface area (Å²) in [7, 11) is 0. The second kappa shape index (κ2) is 7.09.